The third-order valence-electron chi connectivity index (χ3n) is 5.89. The quantitative estimate of drug-likeness (QED) is 0.497. The smallest absolute Gasteiger partial charge is 0.153 e. The molecule has 0 unspecified atom stereocenters. The molecule has 1 aliphatic heterocycles. The highest BCUT2D eigenvalue weighted by Crippen LogP contribution is 2.57. The van der Waals surface area contributed by atoms with Crippen molar-refractivity contribution in [2.75, 3.05) is 22.9 Å². The monoisotopic (exact) mass is 406 g/mol. The number of halogens is 2. The summed E-state index contributed by atoms with van der Waals surface area (Å²) in [7, 11) is 0. The first kappa shape index (κ1) is 17.9. The van der Waals surface area contributed by atoms with E-state index < -0.39 is 5.66 Å². The maximum atomic E-state index is 6.76. The lowest BCUT2D eigenvalue weighted by Gasteiger charge is -2.53. The van der Waals surface area contributed by atoms with E-state index in [1.807, 2.05) is 12.1 Å². The zero-order valence-electron chi connectivity index (χ0n) is 15.8. The predicted octanol–water partition coefficient (Wildman–Crippen LogP) is 6.23. The Labute approximate surface area is 176 Å². The first-order chi connectivity index (χ1) is 13.5. The number of benzene rings is 3. The molecule has 0 bridgehead atoms. The van der Waals surface area contributed by atoms with Gasteiger partial charge in [0.05, 0.1) is 16.5 Å². The van der Waals surface area contributed by atoms with Crippen molar-refractivity contribution in [3.63, 3.8) is 0 Å². The minimum absolute atomic E-state index is 0.546. The van der Waals surface area contributed by atoms with Gasteiger partial charge < -0.3 is 9.80 Å². The number of para-hydroxylation sites is 2. The highest BCUT2D eigenvalue weighted by molar-refractivity contribution is 6.42. The minimum Gasteiger partial charge on any atom is -0.342 e. The summed E-state index contributed by atoms with van der Waals surface area (Å²) in [4.78, 5) is 4.83. The molecule has 0 aromatic heterocycles. The molecule has 3 aromatic carbocycles. The second kappa shape index (κ2) is 6.43. The number of hydrogen-bond acceptors (Lipinski definition) is 2. The van der Waals surface area contributed by atoms with Crippen LogP contribution in [0.25, 0.3) is 0 Å². The van der Waals surface area contributed by atoms with Gasteiger partial charge in [0.15, 0.2) is 5.66 Å². The van der Waals surface area contributed by atoms with Gasteiger partial charge >= 0.3 is 0 Å². The number of fused-ring (bicyclic) bond motifs is 2. The number of rotatable bonds is 2. The Hall–Kier alpha value is -2.16. The van der Waals surface area contributed by atoms with E-state index in [-0.39, 0.29) is 0 Å². The topological polar surface area (TPSA) is 6.48 Å². The third-order valence-corrected chi connectivity index (χ3v) is 6.70. The maximum Gasteiger partial charge on any atom is 0.153 e. The van der Waals surface area contributed by atoms with Crippen LogP contribution in [0.15, 0.2) is 60.7 Å². The average molecular weight is 407 g/mol. The van der Waals surface area contributed by atoms with Crippen molar-refractivity contribution in [2.24, 2.45) is 0 Å². The molecule has 4 heteroatoms. The minimum atomic E-state index is -0.546. The summed E-state index contributed by atoms with van der Waals surface area (Å²) in [6.45, 7) is 6.07. The molecule has 2 radical (unpaired) electrons. The first-order valence-electron chi connectivity index (χ1n) is 9.47. The molecule has 1 fully saturated rings. The summed E-state index contributed by atoms with van der Waals surface area (Å²) in [5, 5.41) is 1.21. The van der Waals surface area contributed by atoms with Crippen LogP contribution < -0.4 is 9.80 Å². The molecule has 1 saturated heterocycles. The molecule has 140 valence electrons. The highest BCUT2D eigenvalue weighted by Gasteiger charge is 2.58. The Morgan fingerprint density at radius 2 is 1.32 bits per heavy atom. The predicted molar refractivity (Wildman–Crippen MR) is 118 cm³/mol. The van der Waals surface area contributed by atoms with Gasteiger partial charge in [0.1, 0.15) is 0 Å². The Morgan fingerprint density at radius 3 is 1.86 bits per heavy atom. The fourth-order valence-corrected chi connectivity index (χ4v) is 5.03. The Bertz CT molecular complexity index is 1020. The fraction of sp³-hybridized carbons (Fsp3) is 0.208. The van der Waals surface area contributed by atoms with Gasteiger partial charge in [-0.15, -0.1) is 0 Å². The van der Waals surface area contributed by atoms with Gasteiger partial charge in [-0.2, -0.15) is 0 Å². The van der Waals surface area contributed by atoms with E-state index in [2.05, 4.69) is 78.6 Å². The number of anilines is 2. The summed E-state index contributed by atoms with van der Waals surface area (Å²) in [6, 6.07) is 20.9. The zero-order valence-corrected chi connectivity index (χ0v) is 17.3. The van der Waals surface area contributed by atoms with Crippen LogP contribution in [-0.2, 0) is 5.66 Å². The Kier molecular flexibility index (Phi) is 4.12. The van der Waals surface area contributed by atoms with E-state index in [1.54, 1.807) is 0 Å². The molecular weight excluding hydrogens is 387 g/mol. The molecule has 2 nitrogen and oxygen atoms in total. The molecule has 0 saturated carbocycles. The van der Waals surface area contributed by atoms with Crippen molar-refractivity contribution in [3.8, 4) is 0 Å². The van der Waals surface area contributed by atoms with E-state index in [0.717, 1.165) is 24.2 Å². The van der Waals surface area contributed by atoms with Crippen molar-refractivity contribution in [1.82, 2.24) is 0 Å². The molecule has 5 rings (SSSR count). The van der Waals surface area contributed by atoms with Crippen LogP contribution in [0.2, 0.25) is 10.0 Å². The normalized spacial score (nSPS) is 17.0. The first-order valence-corrected chi connectivity index (χ1v) is 10.2. The SMILES string of the molecule is Cc1ccccc1N1CCN(c2ccccc2C)C12[C]c1ccc(Cl)c(Cl)c12. The molecule has 0 atom stereocenters. The van der Waals surface area contributed by atoms with Gasteiger partial charge in [0, 0.05) is 30.0 Å². The van der Waals surface area contributed by atoms with E-state index in [1.165, 1.54) is 22.5 Å². The second-order valence-electron chi connectivity index (χ2n) is 7.46. The van der Waals surface area contributed by atoms with E-state index in [0.29, 0.717) is 10.0 Å². The van der Waals surface area contributed by atoms with Crippen molar-refractivity contribution < 1.29 is 0 Å². The largest absolute Gasteiger partial charge is 0.342 e. The number of nitrogens with zero attached hydrogens (tertiary/aromatic N) is 2. The van der Waals surface area contributed by atoms with Crippen LogP contribution in [0.4, 0.5) is 11.4 Å². The van der Waals surface area contributed by atoms with Crippen molar-refractivity contribution in [1.29, 1.82) is 0 Å². The summed E-state index contributed by atoms with van der Waals surface area (Å²) >= 11 is 13.2. The van der Waals surface area contributed by atoms with E-state index in [4.69, 9.17) is 23.2 Å². The van der Waals surface area contributed by atoms with Gasteiger partial charge in [-0.3, -0.25) is 0 Å². The van der Waals surface area contributed by atoms with Gasteiger partial charge in [0.2, 0.25) is 0 Å². The zero-order chi connectivity index (χ0) is 19.5. The molecule has 0 amide bonds. The standard InChI is InChI=1S/C24H20Cl2N2/c1-16-7-3-5-9-20(16)27-13-14-28(21-10-6-4-8-17(21)2)24(27)15-18-11-12-19(25)23(26)22(18)24/h3-12H,13-14H2,1-2H3. The Morgan fingerprint density at radius 1 is 0.786 bits per heavy atom. The van der Waals surface area contributed by atoms with Crippen molar-refractivity contribution in [2.45, 2.75) is 19.5 Å². The molecule has 3 aromatic rings. The van der Waals surface area contributed by atoms with Crippen molar-refractivity contribution in [3.05, 3.63) is 99.4 Å². The highest BCUT2D eigenvalue weighted by atomic mass is 35.5. The molecule has 1 spiro atoms. The van der Waals surface area contributed by atoms with Crippen LogP contribution >= 0.6 is 23.2 Å². The molecule has 2 aliphatic rings. The Balaban J connectivity index is 1.75. The third kappa shape index (κ3) is 2.34. The van der Waals surface area contributed by atoms with Crippen LogP contribution in [0.3, 0.4) is 0 Å². The second-order valence-corrected chi connectivity index (χ2v) is 8.24. The van der Waals surface area contributed by atoms with Gasteiger partial charge in [-0.25, -0.2) is 0 Å². The van der Waals surface area contributed by atoms with Gasteiger partial charge in [-0.1, -0.05) is 65.7 Å². The van der Waals surface area contributed by atoms with Crippen LogP contribution in [0.5, 0.6) is 0 Å². The number of hydrogen-bond donors (Lipinski definition) is 0. The fourth-order valence-electron chi connectivity index (χ4n) is 4.58. The molecule has 1 aliphatic carbocycles. The molecule has 0 N–H and O–H groups in total. The number of aryl methyl sites for hydroxylation is 2. The summed E-state index contributed by atoms with van der Waals surface area (Å²) in [5.74, 6) is 0. The average Bonchev–Trinajstić information content (AvgIpc) is 3.06. The summed E-state index contributed by atoms with van der Waals surface area (Å²) in [6.07, 6.45) is 3.73. The summed E-state index contributed by atoms with van der Waals surface area (Å²) in [5.41, 5.74) is 6.42. The lowest BCUT2D eigenvalue weighted by atomic mass is 9.74. The van der Waals surface area contributed by atoms with E-state index in [9.17, 15) is 0 Å². The molecule has 1 heterocycles. The molecule has 28 heavy (non-hydrogen) atoms. The van der Waals surface area contributed by atoms with Gasteiger partial charge in [0.25, 0.3) is 0 Å². The lowest BCUT2D eigenvalue weighted by molar-refractivity contribution is 0.482. The van der Waals surface area contributed by atoms with Crippen LogP contribution in [0.1, 0.15) is 22.3 Å². The lowest BCUT2D eigenvalue weighted by Crippen LogP contribution is -2.58. The summed E-state index contributed by atoms with van der Waals surface area (Å²) < 4.78 is 0. The maximum absolute atomic E-state index is 6.76. The van der Waals surface area contributed by atoms with Crippen LogP contribution in [0, 0.1) is 20.3 Å². The van der Waals surface area contributed by atoms with Crippen LogP contribution in [-0.4, -0.2) is 13.1 Å². The van der Waals surface area contributed by atoms with Crippen molar-refractivity contribution >= 4 is 34.6 Å². The molecular formula is C24H20Cl2N2. The van der Waals surface area contributed by atoms with Gasteiger partial charge in [-0.05, 0) is 48.7 Å². The van der Waals surface area contributed by atoms with E-state index >= 15 is 0 Å².